The van der Waals surface area contributed by atoms with Crippen LogP contribution < -0.4 is 0 Å². The van der Waals surface area contributed by atoms with Crippen LogP contribution in [0, 0.1) is 13.8 Å². The van der Waals surface area contributed by atoms with Crippen molar-refractivity contribution in [2.45, 2.75) is 53.5 Å². The molecule has 1 unspecified atom stereocenters. The summed E-state index contributed by atoms with van der Waals surface area (Å²) >= 11 is 0. The van der Waals surface area contributed by atoms with E-state index in [0.717, 1.165) is 35.4 Å². The van der Waals surface area contributed by atoms with Crippen LogP contribution in [0.1, 0.15) is 59.7 Å². The maximum atomic E-state index is 12.7. The van der Waals surface area contributed by atoms with Crippen LogP contribution in [0.15, 0.2) is 24.3 Å². The summed E-state index contributed by atoms with van der Waals surface area (Å²) in [7, 11) is 0. The Morgan fingerprint density at radius 3 is 2.43 bits per heavy atom. The molecule has 0 saturated heterocycles. The molecule has 2 rings (SSSR count). The van der Waals surface area contributed by atoms with Gasteiger partial charge in [-0.05, 0) is 56.9 Å². The third kappa shape index (κ3) is 3.07. The first kappa shape index (κ1) is 15.5. The van der Waals surface area contributed by atoms with Crippen molar-refractivity contribution in [3.8, 4) is 0 Å². The number of nitrogens with zero attached hydrogens (tertiary/aromatic N) is 2. The Balaban J connectivity index is 2.34. The minimum atomic E-state index is -0.262. The van der Waals surface area contributed by atoms with Gasteiger partial charge in [0.15, 0.2) is 5.78 Å². The Bertz CT molecular complexity index is 655. The first-order valence-corrected chi connectivity index (χ1v) is 7.66. The summed E-state index contributed by atoms with van der Waals surface area (Å²) in [6.45, 7) is 10.2. The van der Waals surface area contributed by atoms with Crippen LogP contribution in [0.2, 0.25) is 0 Å². The van der Waals surface area contributed by atoms with E-state index >= 15 is 0 Å². The van der Waals surface area contributed by atoms with E-state index < -0.39 is 0 Å². The van der Waals surface area contributed by atoms with Crippen molar-refractivity contribution in [1.82, 2.24) is 9.78 Å². The highest BCUT2D eigenvalue weighted by atomic mass is 16.1. The second-order valence-corrected chi connectivity index (χ2v) is 5.62. The molecule has 0 spiro atoms. The van der Waals surface area contributed by atoms with Gasteiger partial charge >= 0.3 is 0 Å². The topological polar surface area (TPSA) is 34.9 Å². The zero-order chi connectivity index (χ0) is 15.6. The van der Waals surface area contributed by atoms with Crippen molar-refractivity contribution in [2.75, 3.05) is 0 Å². The van der Waals surface area contributed by atoms with Crippen LogP contribution in [-0.4, -0.2) is 15.6 Å². The number of rotatable bonds is 5. The minimum absolute atomic E-state index is 0.124. The molecular formula is C18H24N2O. The molecule has 1 aromatic carbocycles. The molecule has 0 N–H and O–H groups in total. The fraction of sp³-hybridized carbons (Fsp3) is 0.444. The SMILES string of the molecule is CCc1cc(CC)n(C(C)C(=O)c2ccc(C)c(C)c2)n1. The van der Waals surface area contributed by atoms with Gasteiger partial charge in [-0.3, -0.25) is 9.48 Å². The molecule has 1 aromatic heterocycles. The number of ketones is 1. The molecule has 0 aliphatic rings. The minimum Gasteiger partial charge on any atom is -0.292 e. The first-order chi connectivity index (χ1) is 9.97. The van der Waals surface area contributed by atoms with Gasteiger partial charge in [0, 0.05) is 11.3 Å². The van der Waals surface area contributed by atoms with Gasteiger partial charge in [0.2, 0.25) is 0 Å². The number of Topliss-reactive ketones (excluding diaryl/α,β-unsaturated/α-hetero) is 1. The van der Waals surface area contributed by atoms with Crippen molar-refractivity contribution in [1.29, 1.82) is 0 Å². The number of aromatic nitrogens is 2. The molecule has 1 heterocycles. The average Bonchev–Trinajstić information content (AvgIpc) is 2.92. The summed E-state index contributed by atoms with van der Waals surface area (Å²) in [5, 5.41) is 4.58. The summed E-state index contributed by atoms with van der Waals surface area (Å²) in [6.07, 6.45) is 1.78. The lowest BCUT2D eigenvalue weighted by atomic mass is 10.0. The van der Waals surface area contributed by atoms with E-state index in [9.17, 15) is 4.79 Å². The number of benzene rings is 1. The molecule has 0 aliphatic carbocycles. The smallest absolute Gasteiger partial charge is 0.187 e. The van der Waals surface area contributed by atoms with Crippen molar-refractivity contribution in [3.05, 3.63) is 52.3 Å². The van der Waals surface area contributed by atoms with E-state index in [2.05, 4.69) is 31.9 Å². The number of aryl methyl sites for hydroxylation is 4. The molecule has 0 bridgehead atoms. The normalized spacial score (nSPS) is 12.4. The van der Waals surface area contributed by atoms with Gasteiger partial charge in [0.25, 0.3) is 0 Å². The summed E-state index contributed by atoms with van der Waals surface area (Å²) in [5.41, 5.74) is 5.30. The van der Waals surface area contributed by atoms with Crippen molar-refractivity contribution in [2.24, 2.45) is 0 Å². The van der Waals surface area contributed by atoms with E-state index in [1.54, 1.807) is 0 Å². The molecular weight excluding hydrogens is 260 g/mol. The Morgan fingerprint density at radius 2 is 1.86 bits per heavy atom. The first-order valence-electron chi connectivity index (χ1n) is 7.66. The highest BCUT2D eigenvalue weighted by Crippen LogP contribution is 2.19. The standard InChI is InChI=1S/C18H24N2O/c1-6-16-11-17(7-2)20(19-16)14(5)18(21)15-9-8-12(3)13(4)10-15/h8-11,14H,6-7H2,1-5H3. The van der Waals surface area contributed by atoms with E-state index in [4.69, 9.17) is 0 Å². The molecule has 1 atom stereocenters. The molecule has 0 fully saturated rings. The lowest BCUT2D eigenvalue weighted by molar-refractivity contribution is 0.0926. The third-order valence-electron chi connectivity index (χ3n) is 4.13. The van der Waals surface area contributed by atoms with Gasteiger partial charge in [0.1, 0.15) is 6.04 Å². The Morgan fingerprint density at radius 1 is 1.14 bits per heavy atom. The summed E-state index contributed by atoms with van der Waals surface area (Å²) in [5.74, 6) is 0.124. The fourth-order valence-corrected chi connectivity index (χ4v) is 2.51. The van der Waals surface area contributed by atoms with Crippen LogP contribution in [-0.2, 0) is 12.8 Å². The van der Waals surface area contributed by atoms with Gasteiger partial charge in [-0.15, -0.1) is 0 Å². The summed E-state index contributed by atoms with van der Waals surface area (Å²) in [6, 6.07) is 7.74. The molecule has 21 heavy (non-hydrogen) atoms. The molecule has 0 aliphatic heterocycles. The molecule has 3 nitrogen and oxygen atoms in total. The Labute approximate surface area is 127 Å². The maximum Gasteiger partial charge on any atom is 0.187 e. The zero-order valence-electron chi connectivity index (χ0n) is 13.6. The number of carbonyl (C=O) groups excluding carboxylic acids is 1. The van der Waals surface area contributed by atoms with Gasteiger partial charge < -0.3 is 0 Å². The average molecular weight is 284 g/mol. The largest absolute Gasteiger partial charge is 0.292 e. The third-order valence-corrected chi connectivity index (χ3v) is 4.13. The summed E-state index contributed by atoms with van der Waals surface area (Å²) in [4.78, 5) is 12.7. The van der Waals surface area contributed by atoms with Crippen LogP contribution >= 0.6 is 0 Å². The van der Waals surface area contributed by atoms with Gasteiger partial charge in [-0.25, -0.2) is 0 Å². The Hall–Kier alpha value is -1.90. The van der Waals surface area contributed by atoms with E-state index in [0.29, 0.717) is 0 Å². The maximum absolute atomic E-state index is 12.7. The Kier molecular flexibility index (Phi) is 4.61. The van der Waals surface area contributed by atoms with Gasteiger partial charge in [0.05, 0.1) is 5.69 Å². The second-order valence-electron chi connectivity index (χ2n) is 5.62. The van der Waals surface area contributed by atoms with Crippen LogP contribution in [0.4, 0.5) is 0 Å². The summed E-state index contributed by atoms with van der Waals surface area (Å²) < 4.78 is 1.89. The lowest BCUT2D eigenvalue weighted by Crippen LogP contribution is -2.20. The fourth-order valence-electron chi connectivity index (χ4n) is 2.51. The zero-order valence-corrected chi connectivity index (χ0v) is 13.6. The van der Waals surface area contributed by atoms with Crippen LogP contribution in [0.3, 0.4) is 0 Å². The van der Waals surface area contributed by atoms with Crippen LogP contribution in [0.5, 0.6) is 0 Å². The highest BCUT2D eigenvalue weighted by Gasteiger charge is 2.20. The predicted molar refractivity (Wildman–Crippen MR) is 85.9 cm³/mol. The van der Waals surface area contributed by atoms with Crippen molar-refractivity contribution in [3.63, 3.8) is 0 Å². The molecule has 2 aromatic rings. The number of hydrogen-bond acceptors (Lipinski definition) is 2. The molecule has 112 valence electrons. The molecule has 3 heteroatoms. The monoisotopic (exact) mass is 284 g/mol. The van der Waals surface area contributed by atoms with Crippen LogP contribution in [0.25, 0.3) is 0 Å². The van der Waals surface area contributed by atoms with E-state index in [-0.39, 0.29) is 11.8 Å². The van der Waals surface area contributed by atoms with Crippen molar-refractivity contribution < 1.29 is 4.79 Å². The van der Waals surface area contributed by atoms with Gasteiger partial charge in [-0.2, -0.15) is 5.10 Å². The molecule has 0 radical (unpaired) electrons. The second kappa shape index (κ2) is 6.25. The van der Waals surface area contributed by atoms with Gasteiger partial charge in [-0.1, -0.05) is 26.0 Å². The molecule has 0 amide bonds. The molecule has 0 saturated carbocycles. The number of carbonyl (C=O) groups is 1. The predicted octanol–water partition coefficient (Wildman–Crippen LogP) is 4.07. The van der Waals surface area contributed by atoms with E-state index in [1.807, 2.05) is 36.7 Å². The highest BCUT2D eigenvalue weighted by molar-refractivity contribution is 5.99. The quantitative estimate of drug-likeness (QED) is 0.776. The number of hydrogen-bond donors (Lipinski definition) is 0. The van der Waals surface area contributed by atoms with Crippen molar-refractivity contribution >= 4 is 5.78 Å². The van der Waals surface area contributed by atoms with E-state index in [1.165, 1.54) is 5.56 Å². The lowest BCUT2D eigenvalue weighted by Gasteiger charge is -2.15.